The predicted octanol–water partition coefficient (Wildman–Crippen LogP) is 0.672. The van der Waals surface area contributed by atoms with Gasteiger partial charge in [0.05, 0.1) is 12.2 Å². The molecule has 0 saturated carbocycles. The van der Waals surface area contributed by atoms with Gasteiger partial charge < -0.3 is 20.8 Å². The lowest BCUT2D eigenvalue weighted by Crippen LogP contribution is -2.16. The van der Waals surface area contributed by atoms with Crippen LogP contribution >= 0.6 is 11.3 Å². The number of nitrogens with one attached hydrogen (secondary N) is 2. The second kappa shape index (κ2) is 6.09. The Kier molecular flexibility index (Phi) is 4.46. The first-order chi connectivity index (χ1) is 9.06. The number of hydrogen-bond donors (Lipinski definition) is 4. The van der Waals surface area contributed by atoms with E-state index in [1.807, 2.05) is 0 Å². The number of aromatic nitrogens is 3. The topological polar surface area (TPSA) is 103 Å². The van der Waals surface area contributed by atoms with E-state index in [2.05, 4.69) is 25.6 Å². The van der Waals surface area contributed by atoms with E-state index in [1.54, 1.807) is 13.8 Å². The summed E-state index contributed by atoms with van der Waals surface area (Å²) in [7, 11) is 0. The summed E-state index contributed by atoms with van der Waals surface area (Å²) >= 11 is 1.40. The van der Waals surface area contributed by atoms with Gasteiger partial charge in [0.15, 0.2) is 15.8 Å². The Balaban J connectivity index is 2.18. The predicted molar refractivity (Wildman–Crippen MR) is 75.6 cm³/mol. The Morgan fingerprint density at radius 1 is 1.16 bits per heavy atom. The summed E-state index contributed by atoms with van der Waals surface area (Å²) in [5, 5.41) is 25.3. The van der Waals surface area contributed by atoms with Crippen LogP contribution in [0.3, 0.4) is 0 Å². The van der Waals surface area contributed by atoms with Crippen LogP contribution in [0.4, 0.5) is 10.9 Å². The number of rotatable bonds is 6. The van der Waals surface area contributed by atoms with Gasteiger partial charge in [0.25, 0.3) is 0 Å². The lowest BCUT2D eigenvalue weighted by molar-refractivity contribution is 0.207. The Bertz CT molecular complexity index is 543. The molecule has 0 aliphatic carbocycles. The third kappa shape index (κ3) is 3.72. The maximum absolute atomic E-state index is 9.27. The van der Waals surface area contributed by atoms with Gasteiger partial charge in [-0.1, -0.05) is 11.3 Å². The molecule has 2 heterocycles. The number of nitrogens with zero attached hydrogens (tertiary/aromatic N) is 3. The van der Waals surface area contributed by atoms with Crippen molar-refractivity contribution in [3.63, 3.8) is 0 Å². The summed E-state index contributed by atoms with van der Waals surface area (Å²) in [5.41, 5.74) is 0.668. The molecule has 0 amide bonds. The average molecular weight is 283 g/mol. The highest BCUT2D eigenvalue weighted by Crippen LogP contribution is 2.27. The number of aliphatic hydroxyl groups excluding tert-OH is 2. The molecule has 2 aromatic heterocycles. The van der Waals surface area contributed by atoms with Crippen molar-refractivity contribution in [3.8, 4) is 0 Å². The van der Waals surface area contributed by atoms with Crippen LogP contribution < -0.4 is 10.6 Å². The molecule has 104 valence electrons. The minimum Gasteiger partial charge on any atom is -0.392 e. The fraction of sp³-hybridized carbons (Fsp3) is 0.545. The third-order valence-corrected chi connectivity index (χ3v) is 3.23. The van der Waals surface area contributed by atoms with Crippen LogP contribution in [-0.2, 0) is 0 Å². The SMILES string of the molecule is C[C@@H](O)CNc1nc2c(NC[C@@H](C)O)ncnc2s1. The summed E-state index contributed by atoms with van der Waals surface area (Å²) in [6, 6.07) is 0. The van der Waals surface area contributed by atoms with E-state index in [0.29, 0.717) is 29.6 Å². The Hall–Kier alpha value is -1.51. The lowest BCUT2D eigenvalue weighted by atomic mass is 10.4. The molecule has 0 bridgehead atoms. The second-order valence-electron chi connectivity index (χ2n) is 4.35. The van der Waals surface area contributed by atoms with Crippen LogP contribution in [0.1, 0.15) is 13.8 Å². The van der Waals surface area contributed by atoms with Crippen LogP contribution in [0, 0.1) is 0 Å². The zero-order chi connectivity index (χ0) is 13.8. The summed E-state index contributed by atoms with van der Waals surface area (Å²) < 4.78 is 0. The number of anilines is 2. The summed E-state index contributed by atoms with van der Waals surface area (Å²) in [6.45, 7) is 4.24. The Morgan fingerprint density at radius 2 is 1.84 bits per heavy atom. The second-order valence-corrected chi connectivity index (χ2v) is 5.33. The maximum Gasteiger partial charge on any atom is 0.185 e. The van der Waals surface area contributed by atoms with Crippen molar-refractivity contribution >= 4 is 32.6 Å². The van der Waals surface area contributed by atoms with Gasteiger partial charge in [-0.15, -0.1) is 0 Å². The summed E-state index contributed by atoms with van der Waals surface area (Å²) in [4.78, 5) is 13.4. The van der Waals surface area contributed by atoms with Gasteiger partial charge in [-0.25, -0.2) is 15.0 Å². The van der Waals surface area contributed by atoms with Gasteiger partial charge in [0.2, 0.25) is 0 Å². The smallest absolute Gasteiger partial charge is 0.185 e. The molecule has 0 spiro atoms. The van der Waals surface area contributed by atoms with Crippen LogP contribution in [-0.4, -0.2) is 50.5 Å². The highest BCUT2D eigenvalue weighted by Gasteiger charge is 2.11. The van der Waals surface area contributed by atoms with Gasteiger partial charge >= 0.3 is 0 Å². The van der Waals surface area contributed by atoms with E-state index in [0.717, 1.165) is 4.83 Å². The van der Waals surface area contributed by atoms with E-state index in [4.69, 9.17) is 0 Å². The zero-order valence-corrected chi connectivity index (χ0v) is 11.6. The highest BCUT2D eigenvalue weighted by atomic mass is 32.1. The molecule has 2 rings (SSSR count). The first-order valence-corrected chi connectivity index (χ1v) is 6.83. The van der Waals surface area contributed by atoms with Crippen LogP contribution in [0.5, 0.6) is 0 Å². The normalized spacial score (nSPS) is 14.3. The minimum atomic E-state index is -0.462. The number of aliphatic hydroxyl groups is 2. The molecule has 0 fully saturated rings. The standard InChI is InChI=1S/C11H17N5O2S/c1-6(17)3-12-9-8-10(15-5-14-9)19-11(16-8)13-4-7(2)18/h5-7,17-18H,3-4H2,1-2H3,(H,13,16)(H,12,14,15)/t6-,7-/m1/s1. The monoisotopic (exact) mass is 283 g/mol. The van der Waals surface area contributed by atoms with Gasteiger partial charge in [0, 0.05) is 13.1 Å². The Morgan fingerprint density at radius 3 is 2.53 bits per heavy atom. The molecule has 0 saturated heterocycles. The van der Waals surface area contributed by atoms with E-state index in [1.165, 1.54) is 17.7 Å². The van der Waals surface area contributed by atoms with Crippen LogP contribution in [0.25, 0.3) is 10.3 Å². The van der Waals surface area contributed by atoms with Gasteiger partial charge in [0.1, 0.15) is 11.8 Å². The van der Waals surface area contributed by atoms with Crippen molar-refractivity contribution in [1.29, 1.82) is 0 Å². The van der Waals surface area contributed by atoms with Crippen LogP contribution in [0.2, 0.25) is 0 Å². The lowest BCUT2D eigenvalue weighted by Gasteiger charge is -2.07. The molecule has 19 heavy (non-hydrogen) atoms. The van der Waals surface area contributed by atoms with E-state index >= 15 is 0 Å². The van der Waals surface area contributed by atoms with Crippen molar-refractivity contribution in [3.05, 3.63) is 6.33 Å². The molecule has 2 atom stereocenters. The van der Waals surface area contributed by atoms with Crippen molar-refractivity contribution in [2.24, 2.45) is 0 Å². The molecule has 2 aromatic rings. The van der Waals surface area contributed by atoms with Crippen molar-refractivity contribution in [2.45, 2.75) is 26.1 Å². The number of hydrogen-bond acceptors (Lipinski definition) is 8. The van der Waals surface area contributed by atoms with Crippen LogP contribution in [0.15, 0.2) is 6.33 Å². The molecule has 0 aliphatic rings. The molecular weight excluding hydrogens is 266 g/mol. The fourth-order valence-corrected chi connectivity index (χ4v) is 2.25. The van der Waals surface area contributed by atoms with E-state index < -0.39 is 12.2 Å². The first-order valence-electron chi connectivity index (χ1n) is 6.01. The molecule has 0 aliphatic heterocycles. The van der Waals surface area contributed by atoms with Crippen molar-refractivity contribution < 1.29 is 10.2 Å². The molecule has 0 aromatic carbocycles. The van der Waals surface area contributed by atoms with Crippen molar-refractivity contribution in [2.75, 3.05) is 23.7 Å². The fourth-order valence-electron chi connectivity index (χ4n) is 1.44. The molecule has 8 heteroatoms. The summed E-state index contributed by atoms with van der Waals surface area (Å²) in [6.07, 6.45) is 0.561. The van der Waals surface area contributed by atoms with E-state index in [9.17, 15) is 10.2 Å². The maximum atomic E-state index is 9.27. The minimum absolute atomic E-state index is 0.403. The highest BCUT2D eigenvalue weighted by molar-refractivity contribution is 7.21. The molecule has 4 N–H and O–H groups in total. The number of fused-ring (bicyclic) bond motifs is 1. The van der Waals surface area contributed by atoms with Gasteiger partial charge in [-0.2, -0.15) is 0 Å². The molecule has 7 nitrogen and oxygen atoms in total. The molecule has 0 unspecified atom stereocenters. The van der Waals surface area contributed by atoms with Gasteiger partial charge in [-0.3, -0.25) is 0 Å². The Labute approximate surface area is 114 Å². The summed E-state index contributed by atoms with van der Waals surface area (Å²) in [5.74, 6) is 0.604. The molecular formula is C11H17N5O2S. The average Bonchev–Trinajstić information content (AvgIpc) is 2.77. The van der Waals surface area contributed by atoms with E-state index in [-0.39, 0.29) is 0 Å². The zero-order valence-electron chi connectivity index (χ0n) is 10.8. The number of thiazole rings is 1. The van der Waals surface area contributed by atoms with Gasteiger partial charge in [-0.05, 0) is 13.8 Å². The quantitative estimate of drug-likeness (QED) is 0.618. The third-order valence-electron chi connectivity index (χ3n) is 2.31. The molecule has 0 radical (unpaired) electrons. The van der Waals surface area contributed by atoms with Crippen molar-refractivity contribution in [1.82, 2.24) is 15.0 Å². The largest absolute Gasteiger partial charge is 0.392 e. The first kappa shape index (κ1) is 13.9.